The van der Waals surface area contributed by atoms with Crippen LogP contribution in [0.2, 0.25) is 0 Å². The first-order chi connectivity index (χ1) is 13.1. The Morgan fingerprint density at radius 1 is 1.48 bits per heavy atom. The van der Waals surface area contributed by atoms with Crippen molar-refractivity contribution in [1.29, 1.82) is 0 Å². The van der Waals surface area contributed by atoms with Crippen molar-refractivity contribution in [2.45, 2.75) is 39.0 Å². The van der Waals surface area contributed by atoms with Crippen LogP contribution in [0, 0.1) is 0 Å². The molecule has 0 fully saturated rings. The van der Waals surface area contributed by atoms with Gasteiger partial charge in [-0.05, 0) is 25.5 Å². The summed E-state index contributed by atoms with van der Waals surface area (Å²) in [5.74, 6) is 1.16. The third-order valence-electron chi connectivity index (χ3n) is 4.52. The Kier molecular flexibility index (Phi) is 6.46. The Hall–Kier alpha value is -2.39. The van der Waals surface area contributed by atoms with Gasteiger partial charge in [-0.2, -0.15) is 5.10 Å². The van der Waals surface area contributed by atoms with E-state index in [1.54, 1.807) is 28.8 Å². The number of aryl methyl sites for hydroxylation is 1. The number of nitrogens with zero attached hydrogens (tertiary/aromatic N) is 4. The molecule has 1 unspecified atom stereocenters. The molecule has 1 aliphatic heterocycles. The average Bonchev–Trinajstić information content (AvgIpc) is 3.27. The number of rotatable bonds is 9. The molecule has 3 rings (SSSR count). The molecule has 1 atom stereocenters. The Morgan fingerprint density at radius 2 is 2.33 bits per heavy atom. The minimum Gasteiger partial charge on any atom is -0.467 e. The monoisotopic (exact) mass is 378 g/mol. The summed E-state index contributed by atoms with van der Waals surface area (Å²) >= 11 is 0. The van der Waals surface area contributed by atoms with E-state index in [0.29, 0.717) is 45.3 Å². The first kappa shape index (κ1) is 19.4. The molecule has 0 saturated carbocycles. The molecule has 0 aromatic carbocycles. The van der Waals surface area contributed by atoms with E-state index in [4.69, 9.17) is 13.9 Å². The van der Waals surface area contributed by atoms with Crippen molar-refractivity contribution in [2.75, 3.05) is 26.4 Å². The molecule has 0 aliphatic carbocycles. The first-order valence-electron chi connectivity index (χ1n) is 9.23. The second-order valence-electron chi connectivity index (χ2n) is 6.42. The minimum absolute atomic E-state index is 0.0700. The second kappa shape index (κ2) is 9.01. The normalized spacial score (nSPS) is 16.3. The van der Waals surface area contributed by atoms with Crippen LogP contribution in [0.25, 0.3) is 0 Å². The number of hydrogen-bond donors (Lipinski definition) is 0. The standard InChI is InChI=1S/C18H26N4O5/c1-3-25-9-5-7-21(13-14-6-4-10-26-14)16(23)12-15-17-19-20(2)18(24)22(17)8-11-27-15/h4,6,10,15H,3,5,7-9,11-13H2,1-2H3. The van der Waals surface area contributed by atoms with Crippen LogP contribution in [0.1, 0.15) is 37.5 Å². The third kappa shape index (κ3) is 4.67. The zero-order chi connectivity index (χ0) is 19.2. The van der Waals surface area contributed by atoms with Gasteiger partial charge in [-0.3, -0.25) is 9.36 Å². The quantitative estimate of drug-likeness (QED) is 0.607. The highest BCUT2D eigenvalue weighted by Gasteiger charge is 2.30. The molecule has 0 bridgehead atoms. The smallest absolute Gasteiger partial charge is 0.345 e. The average molecular weight is 378 g/mol. The fraction of sp³-hybridized carbons (Fsp3) is 0.611. The highest BCUT2D eigenvalue weighted by Crippen LogP contribution is 2.24. The molecule has 9 heteroatoms. The molecular weight excluding hydrogens is 352 g/mol. The van der Waals surface area contributed by atoms with Gasteiger partial charge in [0.15, 0.2) is 5.82 Å². The lowest BCUT2D eigenvalue weighted by molar-refractivity contribution is -0.136. The summed E-state index contributed by atoms with van der Waals surface area (Å²) in [6, 6.07) is 3.64. The highest BCUT2D eigenvalue weighted by atomic mass is 16.5. The molecule has 2 aromatic rings. The van der Waals surface area contributed by atoms with Crippen molar-refractivity contribution in [1.82, 2.24) is 19.2 Å². The van der Waals surface area contributed by atoms with Crippen molar-refractivity contribution < 1.29 is 18.7 Å². The summed E-state index contributed by atoms with van der Waals surface area (Å²) in [5.41, 5.74) is -0.185. The predicted molar refractivity (Wildman–Crippen MR) is 96.0 cm³/mol. The lowest BCUT2D eigenvalue weighted by Crippen LogP contribution is -2.36. The van der Waals surface area contributed by atoms with Crippen molar-refractivity contribution >= 4 is 5.91 Å². The molecule has 0 radical (unpaired) electrons. The van der Waals surface area contributed by atoms with Gasteiger partial charge in [-0.25, -0.2) is 9.48 Å². The van der Waals surface area contributed by atoms with Crippen LogP contribution in [0.5, 0.6) is 0 Å². The van der Waals surface area contributed by atoms with Crippen LogP contribution in [-0.2, 0) is 34.4 Å². The zero-order valence-electron chi connectivity index (χ0n) is 15.8. The summed E-state index contributed by atoms with van der Waals surface area (Å²) in [6.45, 7) is 4.98. The molecule has 0 N–H and O–H groups in total. The molecule has 0 spiro atoms. The van der Waals surface area contributed by atoms with Gasteiger partial charge in [0.25, 0.3) is 0 Å². The summed E-state index contributed by atoms with van der Waals surface area (Å²) < 4.78 is 19.4. The van der Waals surface area contributed by atoms with Gasteiger partial charge in [-0.1, -0.05) is 0 Å². The minimum atomic E-state index is -0.522. The van der Waals surface area contributed by atoms with Crippen LogP contribution >= 0.6 is 0 Å². The van der Waals surface area contributed by atoms with Crippen molar-refractivity contribution in [3.8, 4) is 0 Å². The van der Waals surface area contributed by atoms with Crippen molar-refractivity contribution in [3.05, 3.63) is 40.5 Å². The summed E-state index contributed by atoms with van der Waals surface area (Å²) in [7, 11) is 1.60. The highest BCUT2D eigenvalue weighted by molar-refractivity contribution is 5.76. The first-order valence-corrected chi connectivity index (χ1v) is 9.23. The number of furan rings is 1. The number of fused-ring (bicyclic) bond motifs is 1. The topological polar surface area (TPSA) is 91.7 Å². The van der Waals surface area contributed by atoms with E-state index in [-0.39, 0.29) is 18.0 Å². The molecule has 2 aromatic heterocycles. The predicted octanol–water partition coefficient (Wildman–Crippen LogP) is 1.09. The third-order valence-corrected chi connectivity index (χ3v) is 4.52. The Bertz CT molecular complexity index is 795. The fourth-order valence-corrected chi connectivity index (χ4v) is 3.15. The summed E-state index contributed by atoms with van der Waals surface area (Å²) in [4.78, 5) is 26.8. The number of hydrogen-bond acceptors (Lipinski definition) is 6. The van der Waals surface area contributed by atoms with Crippen LogP contribution in [-0.4, -0.2) is 51.5 Å². The van der Waals surface area contributed by atoms with Crippen LogP contribution in [0.15, 0.2) is 27.6 Å². The summed E-state index contributed by atoms with van der Waals surface area (Å²) in [6.07, 6.45) is 1.94. The second-order valence-corrected chi connectivity index (χ2v) is 6.42. The maximum atomic E-state index is 12.9. The van der Waals surface area contributed by atoms with Gasteiger partial charge >= 0.3 is 5.69 Å². The number of ether oxygens (including phenoxy) is 2. The molecule has 0 saturated heterocycles. The van der Waals surface area contributed by atoms with Gasteiger partial charge in [0.2, 0.25) is 5.91 Å². The van der Waals surface area contributed by atoms with Gasteiger partial charge in [0, 0.05) is 26.8 Å². The maximum absolute atomic E-state index is 12.9. The van der Waals surface area contributed by atoms with Crippen LogP contribution in [0.3, 0.4) is 0 Å². The van der Waals surface area contributed by atoms with E-state index >= 15 is 0 Å². The molecule has 1 amide bonds. The Labute approximate surface area is 157 Å². The zero-order valence-corrected chi connectivity index (χ0v) is 15.8. The maximum Gasteiger partial charge on any atom is 0.345 e. The fourth-order valence-electron chi connectivity index (χ4n) is 3.15. The number of carbonyl (C=O) groups is 1. The summed E-state index contributed by atoms with van der Waals surface area (Å²) in [5, 5.41) is 4.24. The molecule has 148 valence electrons. The molecule has 1 aliphatic rings. The van der Waals surface area contributed by atoms with E-state index < -0.39 is 6.10 Å². The molecule has 9 nitrogen and oxygen atoms in total. The van der Waals surface area contributed by atoms with E-state index in [1.807, 2.05) is 13.0 Å². The Morgan fingerprint density at radius 3 is 3.07 bits per heavy atom. The van der Waals surface area contributed by atoms with Crippen LogP contribution < -0.4 is 5.69 Å². The SMILES string of the molecule is CCOCCCN(Cc1ccco1)C(=O)CC1OCCn2c1nn(C)c2=O. The number of aromatic nitrogens is 3. The molecule has 3 heterocycles. The van der Waals surface area contributed by atoms with Crippen LogP contribution in [0.4, 0.5) is 0 Å². The van der Waals surface area contributed by atoms with E-state index in [9.17, 15) is 9.59 Å². The van der Waals surface area contributed by atoms with E-state index in [1.165, 1.54) is 4.68 Å². The van der Waals surface area contributed by atoms with E-state index in [2.05, 4.69) is 5.10 Å². The number of amides is 1. The molecular formula is C18H26N4O5. The Balaban J connectivity index is 1.68. The van der Waals surface area contributed by atoms with Gasteiger partial charge < -0.3 is 18.8 Å². The lowest BCUT2D eigenvalue weighted by atomic mass is 10.2. The lowest BCUT2D eigenvalue weighted by Gasteiger charge is -2.26. The van der Waals surface area contributed by atoms with Crippen molar-refractivity contribution in [2.24, 2.45) is 7.05 Å². The van der Waals surface area contributed by atoms with Crippen molar-refractivity contribution in [3.63, 3.8) is 0 Å². The van der Waals surface area contributed by atoms with Gasteiger partial charge in [-0.15, -0.1) is 0 Å². The van der Waals surface area contributed by atoms with E-state index in [0.717, 1.165) is 12.2 Å². The van der Waals surface area contributed by atoms with Gasteiger partial charge in [0.1, 0.15) is 11.9 Å². The molecule has 27 heavy (non-hydrogen) atoms. The largest absolute Gasteiger partial charge is 0.467 e. The number of carbonyl (C=O) groups excluding carboxylic acids is 1. The van der Waals surface area contributed by atoms with Gasteiger partial charge in [0.05, 0.1) is 32.4 Å².